The van der Waals surface area contributed by atoms with Crippen LogP contribution in [0.2, 0.25) is 0 Å². The molecule has 0 spiro atoms. The lowest BCUT2D eigenvalue weighted by Crippen LogP contribution is -1.92. The van der Waals surface area contributed by atoms with E-state index in [1.807, 2.05) is 0 Å². The third-order valence-corrected chi connectivity index (χ3v) is 1.24. The molecule has 0 saturated heterocycles. The molecule has 1 aliphatic rings. The van der Waals surface area contributed by atoms with E-state index in [1.54, 1.807) is 0 Å². The van der Waals surface area contributed by atoms with E-state index in [1.165, 1.54) is 0 Å². The Balaban J connectivity index is 2.42. The van der Waals surface area contributed by atoms with Crippen LogP contribution in [0.15, 0.2) is 10.2 Å². The van der Waals surface area contributed by atoms with E-state index in [0.29, 0.717) is 6.42 Å². The number of nitrogens with zero attached hydrogens (tertiary/aromatic N) is 2. The molecule has 4 heteroatoms. The first-order valence-corrected chi connectivity index (χ1v) is 2.84. The zero-order valence-corrected chi connectivity index (χ0v) is 5.02. The van der Waals surface area contributed by atoms with Crippen LogP contribution in [0, 0.1) is 0 Å². The number of alkyl halides is 2. The number of azo groups is 1. The molecular formula is C3H4Cl2N2. The summed E-state index contributed by atoms with van der Waals surface area (Å²) in [5, 5.41) is 7.15. The van der Waals surface area contributed by atoms with Crippen LogP contribution in [0.3, 0.4) is 0 Å². The van der Waals surface area contributed by atoms with E-state index in [4.69, 9.17) is 23.2 Å². The van der Waals surface area contributed by atoms with Crippen LogP contribution in [0.25, 0.3) is 0 Å². The van der Waals surface area contributed by atoms with Crippen molar-refractivity contribution in [2.24, 2.45) is 10.2 Å². The summed E-state index contributed by atoms with van der Waals surface area (Å²) in [4.78, 5) is 0. The van der Waals surface area contributed by atoms with Gasteiger partial charge >= 0.3 is 0 Å². The van der Waals surface area contributed by atoms with E-state index < -0.39 is 0 Å². The van der Waals surface area contributed by atoms with Gasteiger partial charge in [-0.1, -0.05) is 23.2 Å². The van der Waals surface area contributed by atoms with Gasteiger partial charge in [0.25, 0.3) is 0 Å². The minimum absolute atomic E-state index is 0.178. The van der Waals surface area contributed by atoms with Crippen LogP contribution >= 0.6 is 23.2 Å². The van der Waals surface area contributed by atoms with Crippen molar-refractivity contribution in [3.63, 3.8) is 0 Å². The minimum atomic E-state index is -0.178. The van der Waals surface area contributed by atoms with Crippen molar-refractivity contribution in [1.29, 1.82) is 0 Å². The quantitative estimate of drug-likeness (QED) is 0.362. The smallest absolute Gasteiger partial charge is 0.147 e. The van der Waals surface area contributed by atoms with E-state index in [0.717, 1.165) is 0 Å². The second-order valence-electron chi connectivity index (χ2n) is 1.34. The Morgan fingerprint density at radius 3 is 1.71 bits per heavy atom. The molecule has 0 bridgehead atoms. The number of hydrogen-bond acceptors (Lipinski definition) is 2. The largest absolute Gasteiger partial charge is 0.173 e. The Bertz CT molecular complexity index is 82.9. The number of hydrogen-bond donors (Lipinski definition) is 0. The molecule has 0 fully saturated rings. The molecule has 1 aliphatic heterocycles. The Labute approximate surface area is 51.5 Å². The lowest BCUT2D eigenvalue weighted by atomic mass is 10.5. The fraction of sp³-hybridized carbons (Fsp3) is 1.00. The van der Waals surface area contributed by atoms with Crippen molar-refractivity contribution >= 4 is 23.2 Å². The lowest BCUT2D eigenvalue weighted by molar-refractivity contribution is 0.868. The maximum absolute atomic E-state index is 5.46. The maximum Gasteiger partial charge on any atom is 0.147 e. The van der Waals surface area contributed by atoms with Gasteiger partial charge in [0.1, 0.15) is 11.0 Å². The van der Waals surface area contributed by atoms with E-state index in [9.17, 15) is 0 Å². The first-order valence-electron chi connectivity index (χ1n) is 1.97. The van der Waals surface area contributed by atoms with Crippen molar-refractivity contribution in [3.8, 4) is 0 Å². The van der Waals surface area contributed by atoms with Crippen LogP contribution < -0.4 is 0 Å². The second-order valence-corrected chi connectivity index (χ2v) is 2.34. The molecule has 40 valence electrons. The molecule has 0 aromatic rings. The molecule has 0 aromatic heterocycles. The van der Waals surface area contributed by atoms with Crippen molar-refractivity contribution in [2.45, 2.75) is 17.4 Å². The predicted molar refractivity (Wildman–Crippen MR) is 28.8 cm³/mol. The SMILES string of the molecule is ClC1CC(Cl)N=N1. The van der Waals surface area contributed by atoms with Gasteiger partial charge < -0.3 is 0 Å². The third-order valence-electron chi connectivity index (χ3n) is 0.706. The Hall–Kier alpha value is 0.180. The molecule has 7 heavy (non-hydrogen) atoms. The first-order chi connectivity index (χ1) is 3.29. The molecule has 1 heterocycles. The molecule has 0 radical (unpaired) electrons. The Kier molecular flexibility index (Phi) is 1.50. The van der Waals surface area contributed by atoms with Crippen molar-refractivity contribution in [1.82, 2.24) is 0 Å². The molecule has 0 aliphatic carbocycles. The average Bonchev–Trinajstić information content (AvgIpc) is 1.87. The Morgan fingerprint density at radius 2 is 1.57 bits per heavy atom. The van der Waals surface area contributed by atoms with Crippen LogP contribution in [0.4, 0.5) is 0 Å². The molecule has 0 aromatic carbocycles. The normalized spacial score (nSPS) is 39.7. The topological polar surface area (TPSA) is 24.7 Å². The van der Waals surface area contributed by atoms with Gasteiger partial charge in [0.2, 0.25) is 0 Å². The highest BCUT2D eigenvalue weighted by atomic mass is 35.5. The van der Waals surface area contributed by atoms with Crippen LogP contribution in [-0.2, 0) is 0 Å². The zero-order chi connectivity index (χ0) is 5.28. The molecule has 1 rings (SSSR count). The highest BCUT2D eigenvalue weighted by molar-refractivity contribution is 6.23. The summed E-state index contributed by atoms with van der Waals surface area (Å²) in [7, 11) is 0. The van der Waals surface area contributed by atoms with Gasteiger partial charge in [0.05, 0.1) is 0 Å². The van der Waals surface area contributed by atoms with Gasteiger partial charge in [0.15, 0.2) is 0 Å². The molecule has 2 unspecified atom stereocenters. The van der Waals surface area contributed by atoms with Gasteiger partial charge in [-0.25, -0.2) is 0 Å². The summed E-state index contributed by atoms with van der Waals surface area (Å²) in [5.74, 6) is 0. The predicted octanol–water partition coefficient (Wildman–Crippen LogP) is 1.97. The van der Waals surface area contributed by atoms with Gasteiger partial charge in [-0.15, -0.1) is 0 Å². The maximum atomic E-state index is 5.46. The van der Waals surface area contributed by atoms with Gasteiger partial charge in [-0.2, -0.15) is 10.2 Å². The van der Waals surface area contributed by atoms with Gasteiger partial charge in [0, 0.05) is 6.42 Å². The summed E-state index contributed by atoms with van der Waals surface area (Å²) >= 11 is 10.9. The Morgan fingerprint density at radius 1 is 1.14 bits per heavy atom. The van der Waals surface area contributed by atoms with Crippen LogP contribution in [0.1, 0.15) is 6.42 Å². The zero-order valence-electron chi connectivity index (χ0n) is 3.51. The average molecular weight is 139 g/mol. The molecule has 0 saturated carbocycles. The third kappa shape index (κ3) is 1.28. The van der Waals surface area contributed by atoms with E-state index in [-0.39, 0.29) is 11.0 Å². The van der Waals surface area contributed by atoms with E-state index >= 15 is 0 Å². The summed E-state index contributed by atoms with van der Waals surface area (Å²) < 4.78 is 0. The van der Waals surface area contributed by atoms with Gasteiger partial charge in [-0.05, 0) is 0 Å². The highest BCUT2D eigenvalue weighted by Crippen LogP contribution is 2.20. The lowest BCUT2D eigenvalue weighted by Gasteiger charge is -1.88. The van der Waals surface area contributed by atoms with Gasteiger partial charge in [-0.3, -0.25) is 0 Å². The van der Waals surface area contributed by atoms with E-state index in [2.05, 4.69) is 10.2 Å². The molecule has 2 nitrogen and oxygen atoms in total. The standard InChI is InChI=1S/C3H4Cl2N2/c4-2-1-3(5)7-6-2/h2-3H,1H2. The van der Waals surface area contributed by atoms with Crippen LogP contribution in [-0.4, -0.2) is 11.0 Å². The summed E-state index contributed by atoms with van der Waals surface area (Å²) in [6, 6.07) is 0. The van der Waals surface area contributed by atoms with Crippen molar-refractivity contribution < 1.29 is 0 Å². The first kappa shape index (κ1) is 5.32. The van der Waals surface area contributed by atoms with Crippen molar-refractivity contribution in [3.05, 3.63) is 0 Å². The summed E-state index contributed by atoms with van der Waals surface area (Å²) in [6.45, 7) is 0. The molecule has 0 N–H and O–H groups in total. The van der Waals surface area contributed by atoms with Crippen molar-refractivity contribution in [2.75, 3.05) is 0 Å². The fourth-order valence-electron chi connectivity index (χ4n) is 0.399. The number of halogens is 2. The fourth-order valence-corrected chi connectivity index (χ4v) is 0.929. The van der Waals surface area contributed by atoms with Crippen LogP contribution in [0.5, 0.6) is 0 Å². The summed E-state index contributed by atoms with van der Waals surface area (Å²) in [6.07, 6.45) is 0.670. The molecule has 0 amide bonds. The minimum Gasteiger partial charge on any atom is -0.173 e. The molecular weight excluding hydrogens is 135 g/mol. The highest BCUT2D eigenvalue weighted by Gasteiger charge is 2.15. The molecule has 2 atom stereocenters. The monoisotopic (exact) mass is 138 g/mol. The number of rotatable bonds is 0. The summed E-state index contributed by atoms with van der Waals surface area (Å²) in [5.41, 5.74) is -0.356. The second kappa shape index (κ2) is 1.97.